The first kappa shape index (κ1) is 24.2. The summed E-state index contributed by atoms with van der Waals surface area (Å²) in [7, 11) is 0. The molecule has 30 heavy (non-hydrogen) atoms. The fraction of sp³-hybridized carbons (Fsp3) is 0.545. The maximum absolute atomic E-state index is 12.8. The highest BCUT2D eigenvalue weighted by Crippen LogP contribution is 2.18. The van der Waals surface area contributed by atoms with Crippen molar-refractivity contribution in [1.82, 2.24) is 10.2 Å². The monoisotopic (exact) mass is 452 g/mol. The van der Waals surface area contributed by atoms with Crippen LogP contribution in [0, 0.1) is 0 Å². The molecule has 0 spiro atoms. The van der Waals surface area contributed by atoms with E-state index in [-0.39, 0.29) is 12.1 Å². The van der Waals surface area contributed by atoms with E-state index >= 15 is 0 Å². The van der Waals surface area contributed by atoms with Gasteiger partial charge in [-0.1, -0.05) is 25.5 Å². The number of nitrogens with zero attached hydrogens (tertiary/aromatic N) is 1. The summed E-state index contributed by atoms with van der Waals surface area (Å²) >= 11 is 3.21. The van der Waals surface area contributed by atoms with Crippen molar-refractivity contribution < 1.29 is 19.1 Å². The van der Waals surface area contributed by atoms with Gasteiger partial charge in [-0.2, -0.15) is 0 Å². The second-order valence-corrected chi connectivity index (χ2v) is 10.2. The van der Waals surface area contributed by atoms with E-state index in [0.717, 1.165) is 22.6 Å². The van der Waals surface area contributed by atoms with Gasteiger partial charge in [-0.05, 0) is 56.5 Å². The van der Waals surface area contributed by atoms with E-state index in [1.54, 1.807) is 27.6 Å². The lowest BCUT2D eigenvalue weighted by molar-refractivity contribution is 0.0232. The van der Waals surface area contributed by atoms with Crippen LogP contribution in [0.2, 0.25) is 0 Å². The molecule has 2 aromatic rings. The van der Waals surface area contributed by atoms with Gasteiger partial charge < -0.3 is 14.8 Å². The van der Waals surface area contributed by atoms with Crippen LogP contribution in [0.5, 0.6) is 0 Å². The lowest BCUT2D eigenvalue weighted by Gasteiger charge is -2.25. The van der Waals surface area contributed by atoms with Crippen molar-refractivity contribution in [3.05, 3.63) is 44.8 Å². The van der Waals surface area contributed by atoms with Crippen LogP contribution in [0.3, 0.4) is 0 Å². The number of hydrogen-bond donors (Lipinski definition) is 1. The zero-order valence-electron chi connectivity index (χ0n) is 18.2. The van der Waals surface area contributed by atoms with Crippen LogP contribution >= 0.6 is 22.7 Å². The van der Waals surface area contributed by atoms with Crippen molar-refractivity contribution in [2.75, 3.05) is 6.61 Å². The van der Waals surface area contributed by atoms with E-state index in [1.165, 1.54) is 0 Å². The van der Waals surface area contributed by atoms with E-state index in [0.29, 0.717) is 19.5 Å². The number of hydrogen-bond acceptors (Lipinski definition) is 6. The number of rotatable bonds is 10. The Hall–Kier alpha value is -2.06. The Morgan fingerprint density at radius 1 is 1.10 bits per heavy atom. The molecule has 0 aliphatic rings. The number of unbranched alkanes of at least 4 members (excludes halogenated alkanes) is 1. The zero-order chi connectivity index (χ0) is 22.0. The minimum absolute atomic E-state index is 0.0434. The van der Waals surface area contributed by atoms with Crippen LogP contribution in [-0.2, 0) is 22.6 Å². The van der Waals surface area contributed by atoms with Gasteiger partial charge in [-0.25, -0.2) is 9.59 Å². The molecule has 0 aliphatic carbocycles. The summed E-state index contributed by atoms with van der Waals surface area (Å²) in [6, 6.07) is 7.95. The molecule has 2 rings (SSSR count). The number of thiophene rings is 2. The van der Waals surface area contributed by atoms with Gasteiger partial charge in [0.15, 0.2) is 0 Å². The van der Waals surface area contributed by atoms with Crippen molar-refractivity contribution in [1.29, 1.82) is 0 Å². The highest BCUT2D eigenvalue weighted by Gasteiger charge is 2.23. The number of alkyl carbamates (subject to hydrolysis) is 1. The first-order valence-electron chi connectivity index (χ1n) is 10.2. The summed E-state index contributed by atoms with van der Waals surface area (Å²) in [5.41, 5.74) is -0.388. The smallest absolute Gasteiger partial charge is 0.410 e. The fourth-order valence-electron chi connectivity index (χ4n) is 2.72. The normalized spacial score (nSPS) is 12.3. The van der Waals surface area contributed by atoms with Gasteiger partial charge in [0.25, 0.3) is 0 Å². The summed E-state index contributed by atoms with van der Waals surface area (Å²) in [5.74, 6) is 0. The van der Waals surface area contributed by atoms with Gasteiger partial charge >= 0.3 is 12.2 Å². The van der Waals surface area contributed by atoms with Crippen LogP contribution < -0.4 is 5.32 Å². The Bertz CT molecular complexity index is 718. The number of ether oxygens (including phenoxy) is 2. The first-order chi connectivity index (χ1) is 14.3. The summed E-state index contributed by atoms with van der Waals surface area (Å²) < 4.78 is 11.1. The number of carbonyl (C=O) groups is 2. The van der Waals surface area contributed by atoms with E-state index in [9.17, 15) is 9.59 Å². The number of nitrogens with one attached hydrogen (secondary N) is 1. The average Bonchev–Trinajstić information content (AvgIpc) is 3.35. The molecule has 0 fully saturated rings. The van der Waals surface area contributed by atoms with Crippen LogP contribution in [0.15, 0.2) is 35.0 Å². The molecule has 1 atom stereocenters. The molecule has 2 heterocycles. The Balaban J connectivity index is 1.97. The van der Waals surface area contributed by atoms with Crippen molar-refractivity contribution in [2.45, 2.75) is 71.7 Å². The third-order valence-corrected chi connectivity index (χ3v) is 5.86. The van der Waals surface area contributed by atoms with Crippen LogP contribution in [-0.4, -0.2) is 35.3 Å². The van der Waals surface area contributed by atoms with Gasteiger partial charge in [-0.15, -0.1) is 22.7 Å². The summed E-state index contributed by atoms with van der Waals surface area (Å²) in [5, 5.41) is 6.77. The fourth-order valence-corrected chi connectivity index (χ4v) is 4.16. The molecule has 166 valence electrons. The molecule has 0 saturated heterocycles. The Morgan fingerprint density at radius 3 is 2.17 bits per heavy atom. The van der Waals surface area contributed by atoms with Gasteiger partial charge in [0, 0.05) is 15.3 Å². The maximum atomic E-state index is 12.8. The predicted molar refractivity (Wildman–Crippen MR) is 122 cm³/mol. The van der Waals surface area contributed by atoms with Crippen LogP contribution in [0.4, 0.5) is 9.59 Å². The van der Waals surface area contributed by atoms with Gasteiger partial charge in [0.05, 0.1) is 13.1 Å². The molecule has 0 aliphatic heterocycles. The third kappa shape index (κ3) is 9.17. The van der Waals surface area contributed by atoms with Crippen molar-refractivity contribution in [2.24, 2.45) is 0 Å². The molecule has 0 bridgehead atoms. The summed E-state index contributed by atoms with van der Waals surface area (Å²) in [6.45, 7) is 8.76. The molecule has 6 nitrogen and oxygen atoms in total. The molecule has 8 heteroatoms. The van der Waals surface area contributed by atoms with Gasteiger partial charge in [-0.3, -0.25) is 4.90 Å². The Kier molecular flexibility index (Phi) is 9.65. The van der Waals surface area contributed by atoms with Gasteiger partial charge in [0.2, 0.25) is 0 Å². The van der Waals surface area contributed by atoms with Crippen LogP contribution in [0.1, 0.15) is 56.7 Å². The Morgan fingerprint density at radius 2 is 1.70 bits per heavy atom. The molecule has 2 aromatic heterocycles. The lowest BCUT2D eigenvalue weighted by Crippen LogP contribution is -2.43. The largest absolute Gasteiger partial charge is 0.445 e. The molecule has 0 unspecified atom stereocenters. The number of carbonyl (C=O) groups excluding carboxylic acids is 2. The zero-order valence-corrected chi connectivity index (χ0v) is 19.8. The first-order valence-corrected chi connectivity index (χ1v) is 12.0. The summed E-state index contributed by atoms with van der Waals surface area (Å²) in [4.78, 5) is 28.9. The molecule has 0 aromatic carbocycles. The predicted octanol–water partition coefficient (Wildman–Crippen LogP) is 6.03. The minimum Gasteiger partial charge on any atom is -0.445 e. The molecule has 0 saturated carbocycles. The third-order valence-electron chi connectivity index (χ3n) is 4.13. The molecule has 0 radical (unpaired) electrons. The standard InChI is InChI=1S/C22H32N2O4S2/c1-5-6-9-17(28-20(25)23-22(2,3)4)16-27-21(26)24(14-18-10-7-12-29-18)15-19-11-8-13-30-19/h7-8,10-13,17H,5-6,9,14-16H2,1-4H3,(H,23,25)/t17-/m0/s1. The lowest BCUT2D eigenvalue weighted by atomic mass is 10.1. The second kappa shape index (κ2) is 12.0. The molecule has 1 N–H and O–H groups in total. The minimum atomic E-state index is -0.492. The summed E-state index contributed by atoms with van der Waals surface area (Å²) in [6.07, 6.45) is 1.14. The Labute approximate surface area is 187 Å². The number of amides is 2. The van der Waals surface area contributed by atoms with Crippen LogP contribution in [0.25, 0.3) is 0 Å². The maximum Gasteiger partial charge on any atom is 0.410 e. The second-order valence-electron chi connectivity index (χ2n) is 8.14. The SMILES string of the molecule is CCCC[C@@H](COC(=O)N(Cc1cccs1)Cc1cccs1)OC(=O)NC(C)(C)C. The molecular formula is C22H32N2O4S2. The topological polar surface area (TPSA) is 67.9 Å². The quantitative estimate of drug-likeness (QED) is 0.478. The highest BCUT2D eigenvalue weighted by molar-refractivity contribution is 7.10. The van der Waals surface area contributed by atoms with E-state index < -0.39 is 18.3 Å². The average molecular weight is 453 g/mol. The highest BCUT2D eigenvalue weighted by atomic mass is 32.1. The van der Waals surface area contributed by atoms with E-state index in [4.69, 9.17) is 9.47 Å². The van der Waals surface area contributed by atoms with Crippen molar-refractivity contribution >= 4 is 34.9 Å². The van der Waals surface area contributed by atoms with E-state index in [1.807, 2.05) is 55.8 Å². The van der Waals surface area contributed by atoms with E-state index in [2.05, 4.69) is 12.2 Å². The van der Waals surface area contributed by atoms with Crippen molar-refractivity contribution in [3.63, 3.8) is 0 Å². The van der Waals surface area contributed by atoms with Crippen molar-refractivity contribution in [3.8, 4) is 0 Å². The molecule has 2 amide bonds. The van der Waals surface area contributed by atoms with Gasteiger partial charge in [0.1, 0.15) is 12.7 Å². The molecular weight excluding hydrogens is 420 g/mol.